The molecular weight excluding hydrogens is 174 g/mol. The van der Waals surface area contributed by atoms with Gasteiger partial charge in [-0.1, -0.05) is 18.2 Å². The predicted octanol–water partition coefficient (Wildman–Crippen LogP) is 1.52. The van der Waals surface area contributed by atoms with Gasteiger partial charge >= 0.3 is 0 Å². The Morgan fingerprint density at radius 3 is 2.79 bits per heavy atom. The summed E-state index contributed by atoms with van der Waals surface area (Å²) >= 11 is 0. The molecule has 0 atom stereocenters. The van der Waals surface area contributed by atoms with Crippen molar-refractivity contribution in [3.05, 3.63) is 30.5 Å². The fourth-order valence-corrected chi connectivity index (χ4v) is 2.00. The van der Waals surface area contributed by atoms with Crippen molar-refractivity contribution in [3.8, 4) is 0 Å². The van der Waals surface area contributed by atoms with Gasteiger partial charge in [0.05, 0.1) is 11.6 Å². The average molecular weight is 187 g/mol. The van der Waals surface area contributed by atoms with Gasteiger partial charge in [-0.2, -0.15) is 5.10 Å². The van der Waals surface area contributed by atoms with Crippen LogP contribution in [0.4, 0.5) is 0 Å². The highest BCUT2D eigenvalue weighted by atomic mass is 15.4. The van der Waals surface area contributed by atoms with Crippen molar-refractivity contribution in [1.82, 2.24) is 14.7 Å². The van der Waals surface area contributed by atoms with Crippen LogP contribution in [0.2, 0.25) is 0 Å². The quantitative estimate of drug-likeness (QED) is 0.675. The molecule has 14 heavy (non-hydrogen) atoms. The largest absolute Gasteiger partial charge is 0.302 e. The van der Waals surface area contributed by atoms with Crippen molar-refractivity contribution in [1.29, 1.82) is 0 Å². The molecule has 0 spiro atoms. The van der Waals surface area contributed by atoms with E-state index in [1.54, 1.807) is 0 Å². The number of fused-ring (bicyclic) bond motifs is 1. The molecule has 0 saturated carbocycles. The van der Waals surface area contributed by atoms with Gasteiger partial charge in [-0.3, -0.25) is 4.68 Å². The Bertz CT molecular complexity index is 421. The molecule has 2 aromatic rings. The first-order chi connectivity index (χ1) is 6.83. The van der Waals surface area contributed by atoms with E-state index in [4.69, 9.17) is 0 Å². The van der Waals surface area contributed by atoms with E-state index in [1.807, 2.05) is 6.07 Å². The van der Waals surface area contributed by atoms with Crippen molar-refractivity contribution >= 4 is 10.9 Å². The molecule has 1 fully saturated rings. The lowest BCUT2D eigenvalue weighted by molar-refractivity contribution is 0.131. The molecule has 3 rings (SSSR count). The smallest absolute Gasteiger partial charge is 0.0923 e. The summed E-state index contributed by atoms with van der Waals surface area (Å²) < 4.78 is 2.10. The highest BCUT2D eigenvalue weighted by molar-refractivity contribution is 5.77. The molecule has 1 aromatic carbocycles. The molecule has 1 aromatic heterocycles. The van der Waals surface area contributed by atoms with E-state index >= 15 is 0 Å². The number of likely N-dealkylation sites (N-methyl/N-ethyl adjacent to an activating group) is 1. The van der Waals surface area contributed by atoms with Crippen LogP contribution in [0.5, 0.6) is 0 Å². The number of hydrogen-bond acceptors (Lipinski definition) is 2. The first-order valence-electron chi connectivity index (χ1n) is 4.95. The summed E-state index contributed by atoms with van der Waals surface area (Å²) in [5.41, 5.74) is 1.10. The fraction of sp³-hybridized carbons (Fsp3) is 0.364. The van der Waals surface area contributed by atoms with Crippen LogP contribution in [0, 0.1) is 0 Å². The van der Waals surface area contributed by atoms with E-state index in [2.05, 4.69) is 46.1 Å². The molecular formula is C11H13N3. The first kappa shape index (κ1) is 8.00. The van der Waals surface area contributed by atoms with Crippen molar-refractivity contribution in [3.63, 3.8) is 0 Å². The fourth-order valence-electron chi connectivity index (χ4n) is 2.00. The minimum atomic E-state index is 0.576. The van der Waals surface area contributed by atoms with Gasteiger partial charge in [0.25, 0.3) is 0 Å². The van der Waals surface area contributed by atoms with Gasteiger partial charge < -0.3 is 4.90 Å². The lowest BCUT2D eigenvalue weighted by atomic mass is 10.1. The third-order valence-electron chi connectivity index (χ3n) is 2.85. The molecule has 0 unspecified atom stereocenters. The average Bonchev–Trinajstić information content (AvgIpc) is 2.55. The van der Waals surface area contributed by atoms with Crippen molar-refractivity contribution in [2.45, 2.75) is 6.04 Å². The highest BCUT2D eigenvalue weighted by Gasteiger charge is 2.25. The summed E-state index contributed by atoms with van der Waals surface area (Å²) in [4.78, 5) is 2.30. The van der Waals surface area contributed by atoms with Gasteiger partial charge in [0, 0.05) is 24.7 Å². The Kier molecular flexibility index (Phi) is 1.61. The lowest BCUT2D eigenvalue weighted by Crippen LogP contribution is -2.45. The molecule has 0 bridgehead atoms. The van der Waals surface area contributed by atoms with Gasteiger partial charge in [-0.25, -0.2) is 0 Å². The summed E-state index contributed by atoms with van der Waals surface area (Å²) in [6, 6.07) is 8.84. The van der Waals surface area contributed by atoms with Crippen LogP contribution in [-0.4, -0.2) is 34.8 Å². The van der Waals surface area contributed by atoms with Crippen LogP contribution in [-0.2, 0) is 0 Å². The van der Waals surface area contributed by atoms with Gasteiger partial charge in [-0.05, 0) is 13.1 Å². The van der Waals surface area contributed by atoms with E-state index in [9.17, 15) is 0 Å². The molecule has 0 amide bonds. The first-order valence-corrected chi connectivity index (χ1v) is 4.95. The molecule has 1 aliphatic heterocycles. The highest BCUT2D eigenvalue weighted by Crippen LogP contribution is 2.21. The maximum Gasteiger partial charge on any atom is 0.0923 e. The van der Waals surface area contributed by atoms with E-state index in [0.29, 0.717) is 6.04 Å². The zero-order valence-electron chi connectivity index (χ0n) is 8.22. The summed E-state index contributed by atoms with van der Waals surface area (Å²) in [6.45, 7) is 2.24. The molecule has 3 heteroatoms. The third-order valence-corrected chi connectivity index (χ3v) is 2.85. The maximum absolute atomic E-state index is 4.56. The Morgan fingerprint density at radius 2 is 2.07 bits per heavy atom. The Labute approximate surface area is 82.9 Å². The van der Waals surface area contributed by atoms with Crippen LogP contribution in [0.3, 0.4) is 0 Å². The Hall–Kier alpha value is -1.35. The summed E-state index contributed by atoms with van der Waals surface area (Å²) in [5.74, 6) is 0. The number of likely N-dealkylation sites (tertiary alicyclic amines) is 1. The Balaban J connectivity index is 1.99. The number of benzene rings is 1. The monoisotopic (exact) mass is 187 g/mol. The predicted molar refractivity (Wildman–Crippen MR) is 56.3 cm³/mol. The lowest BCUT2D eigenvalue weighted by Gasteiger charge is -2.36. The number of rotatable bonds is 1. The van der Waals surface area contributed by atoms with E-state index in [0.717, 1.165) is 18.6 Å². The van der Waals surface area contributed by atoms with Gasteiger partial charge in [0.1, 0.15) is 0 Å². The van der Waals surface area contributed by atoms with E-state index in [-0.39, 0.29) is 0 Å². The zero-order valence-corrected chi connectivity index (χ0v) is 8.22. The van der Waals surface area contributed by atoms with Crippen LogP contribution in [0.15, 0.2) is 30.5 Å². The number of aromatic nitrogens is 2. The maximum atomic E-state index is 4.56. The second-order valence-corrected chi connectivity index (χ2v) is 4.04. The molecule has 0 N–H and O–H groups in total. The second-order valence-electron chi connectivity index (χ2n) is 4.04. The topological polar surface area (TPSA) is 21.1 Å². The molecule has 3 nitrogen and oxygen atoms in total. The van der Waals surface area contributed by atoms with E-state index < -0.39 is 0 Å². The summed E-state index contributed by atoms with van der Waals surface area (Å²) in [7, 11) is 2.14. The van der Waals surface area contributed by atoms with Crippen molar-refractivity contribution < 1.29 is 0 Å². The molecule has 0 aliphatic carbocycles. The van der Waals surface area contributed by atoms with Crippen LogP contribution in [0.25, 0.3) is 10.9 Å². The normalized spacial score (nSPS) is 18.6. The minimum Gasteiger partial charge on any atom is -0.302 e. The van der Waals surface area contributed by atoms with Crippen molar-refractivity contribution in [2.24, 2.45) is 0 Å². The Morgan fingerprint density at radius 1 is 1.29 bits per heavy atom. The van der Waals surface area contributed by atoms with Gasteiger partial charge in [0.2, 0.25) is 0 Å². The molecule has 0 radical (unpaired) electrons. The zero-order chi connectivity index (χ0) is 9.54. The van der Waals surface area contributed by atoms with Crippen LogP contribution in [0.1, 0.15) is 6.04 Å². The number of nitrogens with zero attached hydrogens (tertiary/aromatic N) is 3. The standard InChI is InChI=1S/C11H13N3/c1-13-7-10(8-13)14-6-9-4-2-3-5-11(9)12-14/h2-6,10H,7-8H2,1H3. The SMILES string of the molecule is CN1CC(n2cc3ccccc3n2)C1. The summed E-state index contributed by atoms with van der Waals surface area (Å²) in [5, 5.41) is 5.80. The van der Waals surface area contributed by atoms with Gasteiger partial charge in [0.15, 0.2) is 0 Å². The number of hydrogen-bond donors (Lipinski definition) is 0. The van der Waals surface area contributed by atoms with Crippen LogP contribution < -0.4 is 0 Å². The van der Waals surface area contributed by atoms with Gasteiger partial charge in [-0.15, -0.1) is 0 Å². The minimum absolute atomic E-state index is 0.576. The van der Waals surface area contributed by atoms with Crippen LogP contribution >= 0.6 is 0 Å². The molecule has 72 valence electrons. The molecule has 1 saturated heterocycles. The molecule has 2 heterocycles. The van der Waals surface area contributed by atoms with Crippen molar-refractivity contribution in [2.75, 3.05) is 20.1 Å². The second kappa shape index (κ2) is 2.82. The van der Waals surface area contributed by atoms with E-state index in [1.165, 1.54) is 5.39 Å². The molecule has 1 aliphatic rings. The summed E-state index contributed by atoms with van der Waals surface area (Å²) in [6.07, 6.45) is 2.15. The third kappa shape index (κ3) is 1.13.